The number of thioether (sulfide) groups is 1. The van der Waals surface area contributed by atoms with Crippen molar-refractivity contribution in [2.24, 2.45) is 0 Å². The van der Waals surface area contributed by atoms with Crippen LogP contribution in [0.5, 0.6) is 0 Å². The van der Waals surface area contributed by atoms with Crippen LogP contribution in [-0.4, -0.2) is 22.1 Å². The fourth-order valence-electron chi connectivity index (χ4n) is 3.30. The molecule has 176 valence electrons. The lowest BCUT2D eigenvalue weighted by atomic mass is 10.1. The lowest BCUT2D eigenvalue weighted by Crippen LogP contribution is -2.25. The Morgan fingerprint density at radius 2 is 1.62 bits per heavy atom. The maximum atomic E-state index is 12.9. The number of Topliss-reactive ketones (excluding diaryl/α,β-unsaturated/α-hetero) is 1. The van der Waals surface area contributed by atoms with Crippen molar-refractivity contribution in [2.45, 2.75) is 44.3 Å². The first kappa shape index (κ1) is 25.5. The predicted octanol–water partition coefficient (Wildman–Crippen LogP) is 6.82. The minimum absolute atomic E-state index is 0.00856. The molecule has 3 N–H and O–H groups in total. The second-order valence-corrected chi connectivity index (χ2v) is 9.75. The molecule has 34 heavy (non-hydrogen) atoms. The number of hydrogen-bond donors (Lipinski definition) is 3. The molecule has 7 heteroatoms. The summed E-state index contributed by atoms with van der Waals surface area (Å²) >= 11 is 6.96. The summed E-state index contributed by atoms with van der Waals surface area (Å²) in [4.78, 5) is 25.3. The van der Waals surface area contributed by atoms with Crippen molar-refractivity contribution < 1.29 is 9.59 Å². The van der Waals surface area contributed by atoms with Gasteiger partial charge in [-0.3, -0.25) is 9.59 Å². The monoisotopic (exact) mass is 491 g/mol. The molecule has 1 amide bonds. The van der Waals surface area contributed by atoms with E-state index in [4.69, 9.17) is 12.2 Å². The molecule has 3 rings (SSSR count). The van der Waals surface area contributed by atoms with Gasteiger partial charge in [0.15, 0.2) is 10.9 Å². The molecular formula is C27H29N3O2S2. The molecular weight excluding hydrogens is 462 g/mol. The van der Waals surface area contributed by atoms with E-state index in [1.807, 2.05) is 75.4 Å². The van der Waals surface area contributed by atoms with Crippen LogP contribution in [0.4, 0.5) is 17.1 Å². The van der Waals surface area contributed by atoms with Crippen molar-refractivity contribution >= 4 is 57.8 Å². The number of thiocarbonyl (C=S) groups is 1. The Hall–Kier alpha value is -3.16. The zero-order valence-corrected chi connectivity index (χ0v) is 21.4. The molecule has 3 aromatic carbocycles. The zero-order valence-electron chi connectivity index (χ0n) is 19.8. The number of hydrogen-bond acceptors (Lipinski definition) is 4. The number of anilines is 3. The van der Waals surface area contributed by atoms with E-state index in [1.54, 1.807) is 12.1 Å². The summed E-state index contributed by atoms with van der Waals surface area (Å²) in [6.07, 6.45) is 0.704. The summed E-state index contributed by atoms with van der Waals surface area (Å²) < 4.78 is 0. The molecule has 0 fully saturated rings. The molecule has 0 heterocycles. The third kappa shape index (κ3) is 7.17. The van der Waals surface area contributed by atoms with E-state index in [-0.39, 0.29) is 16.9 Å². The van der Waals surface area contributed by atoms with E-state index >= 15 is 0 Å². The third-order valence-electron chi connectivity index (χ3n) is 5.23. The summed E-state index contributed by atoms with van der Waals surface area (Å²) in [6, 6.07) is 21.0. The molecule has 1 unspecified atom stereocenters. The normalized spacial score (nSPS) is 11.4. The van der Waals surface area contributed by atoms with Crippen LogP contribution in [-0.2, 0) is 4.79 Å². The van der Waals surface area contributed by atoms with E-state index in [1.165, 1.54) is 18.7 Å². The number of carbonyl (C=O) groups excluding carboxylic acids is 2. The molecule has 1 atom stereocenters. The summed E-state index contributed by atoms with van der Waals surface area (Å²) in [5.74, 6) is 0.0143. The zero-order chi connectivity index (χ0) is 24.7. The molecule has 0 aliphatic heterocycles. The maximum Gasteiger partial charge on any atom is 0.237 e. The van der Waals surface area contributed by atoms with Gasteiger partial charge in [-0.25, -0.2) is 0 Å². The SMILES string of the molecule is CCC(Sc1cccc(NC(=S)Nc2ccc(C(C)=O)cc2)c1)C(=O)Nc1cc(C)ccc1C. The van der Waals surface area contributed by atoms with Crippen molar-refractivity contribution in [1.82, 2.24) is 0 Å². The van der Waals surface area contributed by atoms with Gasteiger partial charge in [0.2, 0.25) is 5.91 Å². The Bertz CT molecular complexity index is 1190. The smallest absolute Gasteiger partial charge is 0.237 e. The van der Waals surface area contributed by atoms with Gasteiger partial charge in [-0.05, 0) is 99.1 Å². The molecule has 0 spiro atoms. The lowest BCUT2D eigenvalue weighted by molar-refractivity contribution is -0.115. The largest absolute Gasteiger partial charge is 0.332 e. The highest BCUT2D eigenvalue weighted by molar-refractivity contribution is 8.00. The van der Waals surface area contributed by atoms with Crippen LogP contribution in [0.15, 0.2) is 71.6 Å². The first-order valence-corrected chi connectivity index (χ1v) is 12.4. The van der Waals surface area contributed by atoms with Crippen molar-refractivity contribution in [3.63, 3.8) is 0 Å². The maximum absolute atomic E-state index is 12.9. The van der Waals surface area contributed by atoms with Crippen molar-refractivity contribution in [2.75, 3.05) is 16.0 Å². The van der Waals surface area contributed by atoms with Gasteiger partial charge in [0, 0.05) is 27.5 Å². The quantitative estimate of drug-likeness (QED) is 0.182. The van der Waals surface area contributed by atoms with E-state index in [0.29, 0.717) is 17.1 Å². The standard InChI is InChI=1S/C27H29N3O2S2/c1-5-25(26(32)30-24-15-17(2)9-10-18(24)3)34-23-8-6-7-22(16-23)29-27(33)28-21-13-11-20(12-14-21)19(4)31/h6-16,25H,5H2,1-4H3,(H,30,32)(H2,28,29,33). The minimum Gasteiger partial charge on any atom is -0.332 e. The predicted molar refractivity (Wildman–Crippen MR) is 147 cm³/mol. The summed E-state index contributed by atoms with van der Waals surface area (Å²) in [7, 11) is 0. The highest BCUT2D eigenvalue weighted by atomic mass is 32.2. The van der Waals surface area contributed by atoms with Crippen LogP contribution < -0.4 is 16.0 Å². The second kappa shape index (κ2) is 11.8. The van der Waals surface area contributed by atoms with Crippen LogP contribution in [0.1, 0.15) is 41.8 Å². The van der Waals surface area contributed by atoms with Gasteiger partial charge < -0.3 is 16.0 Å². The first-order valence-electron chi connectivity index (χ1n) is 11.1. The first-order chi connectivity index (χ1) is 16.2. The summed E-state index contributed by atoms with van der Waals surface area (Å²) in [5, 5.41) is 9.60. The van der Waals surface area contributed by atoms with Gasteiger partial charge in [0.05, 0.1) is 5.25 Å². The molecule has 0 saturated heterocycles. The van der Waals surface area contributed by atoms with Crippen LogP contribution in [0.2, 0.25) is 0 Å². The Morgan fingerprint density at radius 1 is 0.912 bits per heavy atom. The van der Waals surface area contributed by atoms with E-state index in [2.05, 4.69) is 16.0 Å². The summed E-state index contributed by atoms with van der Waals surface area (Å²) in [5.41, 5.74) is 5.28. The van der Waals surface area contributed by atoms with Crippen LogP contribution >= 0.6 is 24.0 Å². The fourth-order valence-corrected chi connectivity index (χ4v) is 4.55. The number of amides is 1. The Kier molecular flexibility index (Phi) is 8.85. The number of rotatable bonds is 8. The molecule has 0 aliphatic rings. The van der Waals surface area contributed by atoms with E-state index < -0.39 is 0 Å². The molecule has 0 saturated carbocycles. The van der Waals surface area contributed by atoms with Gasteiger partial charge in [-0.15, -0.1) is 11.8 Å². The third-order valence-corrected chi connectivity index (χ3v) is 6.80. The van der Waals surface area contributed by atoms with Crippen molar-refractivity contribution in [3.05, 3.63) is 83.4 Å². The molecule has 3 aromatic rings. The highest BCUT2D eigenvalue weighted by Crippen LogP contribution is 2.29. The number of benzene rings is 3. The minimum atomic E-state index is -0.222. The Balaban J connectivity index is 1.62. The van der Waals surface area contributed by atoms with E-state index in [0.717, 1.165) is 33.1 Å². The van der Waals surface area contributed by atoms with Crippen LogP contribution in [0, 0.1) is 13.8 Å². The molecule has 0 aliphatic carbocycles. The van der Waals surface area contributed by atoms with Gasteiger partial charge in [-0.1, -0.05) is 25.1 Å². The molecule has 0 bridgehead atoms. The Morgan fingerprint density at radius 3 is 2.29 bits per heavy atom. The van der Waals surface area contributed by atoms with Gasteiger partial charge in [0.1, 0.15) is 0 Å². The fraction of sp³-hybridized carbons (Fsp3) is 0.222. The number of nitrogens with one attached hydrogen (secondary N) is 3. The van der Waals surface area contributed by atoms with Crippen molar-refractivity contribution in [1.29, 1.82) is 0 Å². The van der Waals surface area contributed by atoms with Crippen molar-refractivity contribution in [3.8, 4) is 0 Å². The number of carbonyl (C=O) groups is 2. The molecule has 0 aromatic heterocycles. The topological polar surface area (TPSA) is 70.2 Å². The average Bonchev–Trinajstić information content (AvgIpc) is 2.80. The summed E-state index contributed by atoms with van der Waals surface area (Å²) in [6.45, 7) is 7.56. The number of ketones is 1. The van der Waals surface area contributed by atoms with Crippen LogP contribution in [0.25, 0.3) is 0 Å². The molecule has 0 radical (unpaired) electrons. The number of aryl methyl sites for hydroxylation is 2. The molecule has 5 nitrogen and oxygen atoms in total. The highest BCUT2D eigenvalue weighted by Gasteiger charge is 2.19. The van der Waals surface area contributed by atoms with Gasteiger partial charge in [0.25, 0.3) is 0 Å². The average molecular weight is 492 g/mol. The van der Waals surface area contributed by atoms with Gasteiger partial charge in [-0.2, -0.15) is 0 Å². The van der Waals surface area contributed by atoms with Crippen LogP contribution in [0.3, 0.4) is 0 Å². The Labute approximate surface area is 210 Å². The van der Waals surface area contributed by atoms with Gasteiger partial charge >= 0.3 is 0 Å². The second-order valence-electron chi connectivity index (χ2n) is 8.06. The van der Waals surface area contributed by atoms with E-state index in [9.17, 15) is 9.59 Å². The lowest BCUT2D eigenvalue weighted by Gasteiger charge is -2.17.